The standard InChI is InChI=1S/C22H36F3NO4SSi/c1-15(2)32(16(3)4,17(5)6)29-14-19(20-11-9-13-26-20)18-10-7-8-12-21(18)30-31(27,28)22(23,24)25/h7-8,10,12,15-17,19-20,26H,9,11,13-14H2,1-6H3/t19-,20-/m1/s1. The summed E-state index contributed by atoms with van der Waals surface area (Å²) in [5.74, 6) is -0.627. The molecule has 1 aliphatic rings. The van der Waals surface area contributed by atoms with Crippen molar-refractivity contribution in [1.82, 2.24) is 5.32 Å². The van der Waals surface area contributed by atoms with E-state index in [4.69, 9.17) is 4.43 Å². The SMILES string of the molecule is CC(C)[Si](OC[C@H](c1ccccc1OS(=O)(=O)C(F)(F)F)[C@H]1CCCN1)(C(C)C)C(C)C. The fourth-order valence-electron chi connectivity index (χ4n) is 5.24. The van der Waals surface area contributed by atoms with Crippen molar-refractivity contribution in [3.05, 3.63) is 29.8 Å². The first kappa shape index (κ1) is 27.1. The van der Waals surface area contributed by atoms with Crippen molar-refractivity contribution >= 4 is 18.4 Å². The second kappa shape index (κ2) is 10.4. The molecule has 2 rings (SSSR count). The molecule has 0 unspecified atom stereocenters. The van der Waals surface area contributed by atoms with E-state index in [9.17, 15) is 21.6 Å². The number of alkyl halides is 3. The van der Waals surface area contributed by atoms with E-state index < -0.39 is 23.9 Å². The number of para-hydroxylation sites is 1. The molecule has 1 N–H and O–H groups in total. The molecule has 0 spiro atoms. The number of hydrogen-bond donors (Lipinski definition) is 1. The van der Waals surface area contributed by atoms with Crippen molar-refractivity contribution in [2.45, 2.75) is 88.5 Å². The number of rotatable bonds is 10. The molecule has 1 aliphatic heterocycles. The van der Waals surface area contributed by atoms with Crippen molar-refractivity contribution in [3.8, 4) is 5.75 Å². The lowest BCUT2D eigenvalue weighted by Crippen LogP contribution is -2.49. The Bertz CT molecular complexity index is 831. The molecule has 1 aromatic rings. The molecule has 0 bridgehead atoms. The maximum Gasteiger partial charge on any atom is 0.534 e. The zero-order valence-electron chi connectivity index (χ0n) is 19.7. The van der Waals surface area contributed by atoms with Crippen LogP contribution in [-0.2, 0) is 14.5 Å². The predicted octanol–water partition coefficient (Wildman–Crippen LogP) is 5.94. The molecule has 0 radical (unpaired) electrons. The Morgan fingerprint density at radius 1 is 1.06 bits per heavy atom. The Labute approximate surface area is 191 Å². The summed E-state index contributed by atoms with van der Waals surface area (Å²) in [6.45, 7) is 14.1. The molecule has 2 atom stereocenters. The number of benzene rings is 1. The van der Waals surface area contributed by atoms with Crippen molar-refractivity contribution < 1.29 is 30.2 Å². The Morgan fingerprint density at radius 3 is 2.09 bits per heavy atom. The van der Waals surface area contributed by atoms with Crippen LogP contribution in [0.3, 0.4) is 0 Å². The van der Waals surface area contributed by atoms with Crippen molar-refractivity contribution in [2.75, 3.05) is 13.2 Å². The molecule has 184 valence electrons. The van der Waals surface area contributed by atoms with Crippen molar-refractivity contribution in [2.24, 2.45) is 0 Å². The van der Waals surface area contributed by atoms with Crippen LogP contribution < -0.4 is 9.50 Å². The highest BCUT2D eigenvalue weighted by molar-refractivity contribution is 7.88. The number of halogens is 3. The van der Waals surface area contributed by atoms with Crippen LogP contribution in [0.25, 0.3) is 0 Å². The minimum atomic E-state index is -5.77. The first-order chi connectivity index (χ1) is 14.7. The molecule has 0 aliphatic carbocycles. The van der Waals surface area contributed by atoms with Gasteiger partial charge in [-0.05, 0) is 42.1 Å². The summed E-state index contributed by atoms with van der Waals surface area (Å²) < 4.78 is 73.7. The van der Waals surface area contributed by atoms with Crippen LogP contribution in [0, 0.1) is 0 Å². The molecule has 5 nitrogen and oxygen atoms in total. The quantitative estimate of drug-likeness (QED) is 0.247. The number of hydrogen-bond acceptors (Lipinski definition) is 5. The van der Waals surface area contributed by atoms with Gasteiger partial charge in [-0.15, -0.1) is 0 Å². The molecule has 1 saturated heterocycles. The third kappa shape index (κ3) is 5.68. The Kier molecular flexibility index (Phi) is 8.86. The monoisotopic (exact) mass is 495 g/mol. The van der Waals surface area contributed by atoms with E-state index in [1.165, 1.54) is 12.1 Å². The van der Waals surface area contributed by atoms with Crippen molar-refractivity contribution in [1.29, 1.82) is 0 Å². The zero-order valence-corrected chi connectivity index (χ0v) is 21.5. The lowest BCUT2D eigenvalue weighted by atomic mass is 9.90. The van der Waals surface area contributed by atoms with Crippen LogP contribution in [0.1, 0.15) is 65.9 Å². The summed E-state index contributed by atoms with van der Waals surface area (Å²) in [6, 6.07) is 6.03. The van der Waals surface area contributed by atoms with Gasteiger partial charge in [-0.1, -0.05) is 59.7 Å². The van der Waals surface area contributed by atoms with Crippen LogP contribution in [0.4, 0.5) is 13.2 Å². The molecule has 1 fully saturated rings. The summed E-state index contributed by atoms with van der Waals surface area (Å²) >= 11 is 0. The molecule has 32 heavy (non-hydrogen) atoms. The summed E-state index contributed by atoms with van der Waals surface area (Å²) in [5, 5.41) is 3.41. The fraction of sp³-hybridized carbons (Fsp3) is 0.727. The summed E-state index contributed by atoms with van der Waals surface area (Å²) in [6.07, 6.45) is 1.76. The van der Waals surface area contributed by atoms with Gasteiger partial charge in [0, 0.05) is 24.1 Å². The Hall–Kier alpha value is -1.10. The fourth-order valence-corrected chi connectivity index (χ4v) is 11.2. The summed E-state index contributed by atoms with van der Waals surface area (Å²) in [5.41, 5.74) is -4.04. The second-order valence-electron chi connectivity index (χ2n) is 9.46. The van der Waals surface area contributed by atoms with Crippen LogP contribution in [0.5, 0.6) is 5.75 Å². The number of nitrogens with one attached hydrogen (secondary N) is 1. The molecular formula is C22H36F3NO4SSi. The molecule has 10 heteroatoms. The van der Waals surface area contributed by atoms with E-state index >= 15 is 0 Å². The highest BCUT2D eigenvalue weighted by atomic mass is 32.2. The molecule has 0 saturated carbocycles. The first-order valence-electron chi connectivity index (χ1n) is 11.2. The molecule has 1 heterocycles. The smallest absolute Gasteiger partial charge is 0.415 e. The van der Waals surface area contributed by atoms with E-state index in [1.54, 1.807) is 12.1 Å². The highest BCUT2D eigenvalue weighted by Gasteiger charge is 2.49. The van der Waals surface area contributed by atoms with Gasteiger partial charge in [0.25, 0.3) is 0 Å². The summed E-state index contributed by atoms with van der Waals surface area (Å²) in [7, 11) is -8.00. The molecule has 0 aromatic heterocycles. The normalized spacial score (nSPS) is 19.2. The van der Waals surface area contributed by atoms with Gasteiger partial charge in [0.2, 0.25) is 0 Å². The second-order valence-corrected chi connectivity index (χ2v) is 16.5. The lowest BCUT2D eigenvalue weighted by Gasteiger charge is -2.43. The average molecular weight is 496 g/mol. The topological polar surface area (TPSA) is 64.6 Å². The van der Waals surface area contributed by atoms with Gasteiger partial charge < -0.3 is 13.9 Å². The van der Waals surface area contributed by atoms with Crippen LogP contribution in [0.2, 0.25) is 16.6 Å². The van der Waals surface area contributed by atoms with Gasteiger partial charge in [-0.3, -0.25) is 0 Å². The van der Waals surface area contributed by atoms with Crippen LogP contribution in [-0.4, -0.2) is 41.4 Å². The summed E-state index contributed by atoms with van der Waals surface area (Å²) in [4.78, 5) is 0. The Balaban J connectivity index is 2.45. The average Bonchev–Trinajstić information content (AvgIpc) is 3.18. The van der Waals surface area contributed by atoms with Gasteiger partial charge in [0.15, 0.2) is 8.32 Å². The lowest BCUT2D eigenvalue weighted by molar-refractivity contribution is -0.0500. The highest BCUT2D eigenvalue weighted by Crippen LogP contribution is 2.44. The van der Waals surface area contributed by atoms with Gasteiger partial charge in [-0.25, -0.2) is 0 Å². The molecule has 0 amide bonds. The largest absolute Gasteiger partial charge is 0.534 e. The third-order valence-corrected chi connectivity index (χ3v) is 13.7. The minimum absolute atomic E-state index is 0.0356. The third-order valence-electron chi connectivity index (χ3n) is 6.61. The first-order valence-corrected chi connectivity index (χ1v) is 14.8. The van der Waals surface area contributed by atoms with Gasteiger partial charge in [0.1, 0.15) is 5.75 Å². The van der Waals surface area contributed by atoms with E-state index in [0.29, 0.717) is 28.8 Å². The molecule has 1 aromatic carbocycles. The molecular weight excluding hydrogens is 459 g/mol. The van der Waals surface area contributed by atoms with Crippen molar-refractivity contribution in [3.63, 3.8) is 0 Å². The van der Waals surface area contributed by atoms with Gasteiger partial charge >= 0.3 is 15.6 Å². The minimum Gasteiger partial charge on any atom is -0.415 e. The zero-order chi connectivity index (χ0) is 24.3. The Morgan fingerprint density at radius 2 is 1.62 bits per heavy atom. The van der Waals surface area contributed by atoms with Gasteiger partial charge in [0.05, 0.1) is 0 Å². The van der Waals surface area contributed by atoms with E-state index in [1.807, 2.05) is 0 Å². The maximum absolute atomic E-state index is 13.0. The van der Waals surface area contributed by atoms with E-state index in [2.05, 4.69) is 51.0 Å². The van der Waals surface area contributed by atoms with E-state index in [0.717, 1.165) is 19.4 Å². The predicted molar refractivity (Wildman–Crippen MR) is 123 cm³/mol. The van der Waals surface area contributed by atoms with Crippen LogP contribution in [0.15, 0.2) is 24.3 Å². The maximum atomic E-state index is 13.0. The van der Waals surface area contributed by atoms with Gasteiger partial charge in [-0.2, -0.15) is 21.6 Å². The van der Waals surface area contributed by atoms with E-state index in [-0.39, 0.29) is 17.7 Å². The van der Waals surface area contributed by atoms with Crippen LogP contribution >= 0.6 is 0 Å².